The first-order valence-electron chi connectivity index (χ1n) is 6.98. The van der Waals surface area contributed by atoms with Gasteiger partial charge in [-0.15, -0.1) is 0 Å². The molecule has 0 aromatic carbocycles. The van der Waals surface area contributed by atoms with Crippen LogP contribution in [0.15, 0.2) is 17.7 Å². The lowest BCUT2D eigenvalue weighted by Crippen LogP contribution is -2.41. The Morgan fingerprint density at radius 2 is 1.95 bits per heavy atom. The van der Waals surface area contributed by atoms with E-state index < -0.39 is 24.3 Å². The number of nitrogens with zero attached hydrogens (tertiary/aromatic N) is 1. The van der Waals surface area contributed by atoms with Gasteiger partial charge in [-0.3, -0.25) is 4.79 Å². The first-order chi connectivity index (χ1) is 10.2. The number of hydrogen-bond acceptors (Lipinski definition) is 5. The van der Waals surface area contributed by atoms with Crippen molar-refractivity contribution in [3.05, 3.63) is 34.8 Å². The van der Waals surface area contributed by atoms with E-state index in [1.165, 1.54) is 12.3 Å². The Morgan fingerprint density at radius 1 is 1.36 bits per heavy atom. The van der Waals surface area contributed by atoms with Crippen LogP contribution in [0.25, 0.3) is 6.08 Å². The summed E-state index contributed by atoms with van der Waals surface area (Å²) in [5.74, 6) is -0.375. The third kappa shape index (κ3) is 3.26. The molecule has 0 spiro atoms. The molecule has 0 aliphatic carbocycles. The Balaban J connectivity index is 2.31. The second-order valence-corrected chi connectivity index (χ2v) is 6.55. The van der Waals surface area contributed by atoms with Gasteiger partial charge in [0.15, 0.2) is 6.29 Å². The van der Waals surface area contributed by atoms with Crippen molar-refractivity contribution in [3.63, 3.8) is 0 Å². The largest absolute Gasteiger partial charge is 0.491 e. The molecule has 1 aliphatic rings. The van der Waals surface area contributed by atoms with Gasteiger partial charge in [-0.05, 0) is 44.8 Å². The summed E-state index contributed by atoms with van der Waals surface area (Å²) in [5.41, 5.74) is 0.402. The highest BCUT2D eigenvalue weighted by molar-refractivity contribution is 7.80. The quantitative estimate of drug-likeness (QED) is 0.401. The zero-order valence-corrected chi connectivity index (χ0v) is 14.0. The number of aromatic nitrogens is 1. The molecule has 0 N–H and O–H groups in total. The van der Waals surface area contributed by atoms with Crippen molar-refractivity contribution < 1.29 is 18.5 Å². The minimum atomic E-state index is -0.782. The highest BCUT2D eigenvalue weighted by Gasteiger charge is 2.52. The minimum absolute atomic E-state index is 0.0822. The normalized spacial score (nSPS) is 20.3. The number of carbonyl (C=O) groups excluding carboxylic acids is 1. The van der Waals surface area contributed by atoms with E-state index in [2.05, 4.69) is 17.6 Å². The van der Waals surface area contributed by atoms with Crippen LogP contribution in [0.4, 0.5) is 4.39 Å². The number of hydrogen-bond donors (Lipinski definition) is 1. The maximum atomic E-state index is 13.3. The van der Waals surface area contributed by atoms with E-state index >= 15 is 0 Å². The van der Waals surface area contributed by atoms with E-state index in [1.54, 1.807) is 6.08 Å². The van der Waals surface area contributed by atoms with Crippen LogP contribution in [0.5, 0.6) is 0 Å². The number of halogens is 1. The van der Waals surface area contributed by atoms with Gasteiger partial charge in [0.05, 0.1) is 16.8 Å². The van der Waals surface area contributed by atoms with Crippen molar-refractivity contribution in [2.45, 2.75) is 38.9 Å². The Kier molecular flexibility index (Phi) is 4.80. The van der Waals surface area contributed by atoms with E-state index in [0.29, 0.717) is 17.6 Å². The van der Waals surface area contributed by atoms with E-state index in [1.807, 2.05) is 27.7 Å². The predicted molar refractivity (Wildman–Crippen MR) is 87.5 cm³/mol. The van der Waals surface area contributed by atoms with Gasteiger partial charge >= 0.3 is 7.12 Å². The topological polar surface area (TPSA) is 48.4 Å². The smallest absolute Gasteiger partial charge is 0.400 e. The van der Waals surface area contributed by atoms with Crippen LogP contribution in [0.1, 0.15) is 43.6 Å². The highest BCUT2D eigenvalue weighted by Crippen LogP contribution is 2.39. The number of carbonyl (C=O) groups is 1. The third-order valence-corrected chi connectivity index (χ3v) is 4.47. The van der Waals surface area contributed by atoms with Gasteiger partial charge in [-0.2, -0.15) is 17.0 Å². The Labute approximate surface area is 135 Å². The van der Waals surface area contributed by atoms with Crippen LogP contribution in [0.3, 0.4) is 0 Å². The van der Waals surface area contributed by atoms with Crippen LogP contribution >= 0.6 is 12.6 Å². The van der Waals surface area contributed by atoms with Gasteiger partial charge < -0.3 is 9.31 Å². The fraction of sp³-hybridized carbons (Fsp3) is 0.467. The van der Waals surface area contributed by atoms with Gasteiger partial charge in [0, 0.05) is 11.9 Å². The molecule has 1 aromatic rings. The molecule has 0 unspecified atom stereocenters. The summed E-state index contributed by atoms with van der Waals surface area (Å²) in [6, 6.07) is 1.43. The van der Waals surface area contributed by atoms with E-state index in [-0.39, 0.29) is 5.56 Å². The number of pyridine rings is 1. The van der Waals surface area contributed by atoms with Crippen molar-refractivity contribution >= 4 is 32.1 Å². The maximum absolute atomic E-state index is 13.3. The molecule has 7 heteroatoms. The maximum Gasteiger partial charge on any atom is 0.491 e. The van der Waals surface area contributed by atoms with E-state index in [9.17, 15) is 9.18 Å². The molecule has 0 atom stereocenters. The van der Waals surface area contributed by atoms with E-state index in [4.69, 9.17) is 9.31 Å². The molecule has 22 heavy (non-hydrogen) atoms. The zero-order chi connectivity index (χ0) is 16.5. The van der Waals surface area contributed by atoms with Gasteiger partial charge in [0.2, 0.25) is 5.95 Å². The highest BCUT2D eigenvalue weighted by atomic mass is 32.1. The second kappa shape index (κ2) is 6.14. The summed E-state index contributed by atoms with van der Waals surface area (Å²) < 4.78 is 25.2. The molecule has 0 amide bonds. The summed E-state index contributed by atoms with van der Waals surface area (Å²) in [6.45, 7) is 7.86. The van der Waals surface area contributed by atoms with Crippen molar-refractivity contribution in [1.29, 1.82) is 0 Å². The summed E-state index contributed by atoms with van der Waals surface area (Å²) in [5, 5.41) is 0. The van der Waals surface area contributed by atoms with Crippen molar-refractivity contribution in [2.24, 2.45) is 0 Å². The molecule has 1 fully saturated rings. The fourth-order valence-electron chi connectivity index (χ4n) is 2.04. The summed E-state index contributed by atoms with van der Waals surface area (Å²) >= 11 is 4.31. The molecule has 1 aliphatic heterocycles. The zero-order valence-electron chi connectivity index (χ0n) is 13.1. The number of aldehydes is 1. The summed E-state index contributed by atoms with van der Waals surface area (Å²) in [4.78, 5) is 14.4. The molecule has 2 heterocycles. The molecular formula is C15H19BFNO3S. The Bertz CT molecular complexity index is 603. The Hall–Kier alpha value is -1.18. The molecule has 0 saturated carbocycles. The Morgan fingerprint density at radius 3 is 2.45 bits per heavy atom. The predicted octanol–water partition coefficient (Wildman–Crippen LogP) is 2.98. The van der Waals surface area contributed by atoms with Gasteiger partial charge in [0.1, 0.15) is 0 Å². The molecule has 1 aromatic heterocycles. The average Bonchev–Trinajstić information content (AvgIpc) is 2.66. The molecular weight excluding hydrogens is 304 g/mol. The van der Waals surface area contributed by atoms with Crippen LogP contribution in [0, 0.1) is 5.95 Å². The molecule has 4 nitrogen and oxygen atoms in total. The van der Waals surface area contributed by atoms with Crippen molar-refractivity contribution in [1.82, 2.24) is 4.98 Å². The lowest BCUT2D eigenvalue weighted by atomic mass is 9.78. The molecule has 118 valence electrons. The second-order valence-electron chi connectivity index (χ2n) is 6.23. The lowest BCUT2D eigenvalue weighted by molar-refractivity contribution is 0.00578. The van der Waals surface area contributed by atoms with Crippen molar-refractivity contribution in [3.8, 4) is 0 Å². The van der Waals surface area contributed by atoms with Gasteiger partial charge in [0.25, 0.3) is 0 Å². The molecule has 1 saturated heterocycles. The molecule has 2 rings (SSSR count). The third-order valence-electron chi connectivity index (χ3n) is 4.10. The van der Waals surface area contributed by atoms with Gasteiger partial charge in [-0.1, -0.05) is 6.08 Å². The van der Waals surface area contributed by atoms with Crippen LogP contribution in [-0.2, 0) is 9.31 Å². The van der Waals surface area contributed by atoms with Gasteiger partial charge in [-0.25, -0.2) is 4.98 Å². The van der Waals surface area contributed by atoms with Crippen LogP contribution in [-0.4, -0.2) is 35.3 Å². The number of rotatable bonds is 4. The first-order valence-corrected chi connectivity index (χ1v) is 7.61. The van der Waals surface area contributed by atoms with Crippen LogP contribution in [0.2, 0.25) is 0 Å². The first kappa shape index (κ1) is 17.2. The van der Waals surface area contributed by atoms with Crippen molar-refractivity contribution in [2.75, 3.05) is 5.75 Å². The SMILES string of the molecule is CC1(C)OB(C(=Cc2cnc(F)c(C=O)c2)CS)OC1(C)C. The lowest BCUT2D eigenvalue weighted by Gasteiger charge is -2.32. The number of thiol groups is 1. The standard InChI is InChI=1S/C15H19BFNO3S/c1-14(2)15(3,4)21-16(20-14)12(9-22)6-10-5-11(8-19)13(17)18-7-10/h5-8,22H,9H2,1-4H3. The fourth-order valence-corrected chi connectivity index (χ4v) is 2.28. The average molecular weight is 323 g/mol. The summed E-state index contributed by atoms with van der Waals surface area (Å²) in [7, 11) is -0.535. The van der Waals surface area contributed by atoms with Crippen LogP contribution < -0.4 is 0 Å². The monoisotopic (exact) mass is 323 g/mol. The molecule has 0 bridgehead atoms. The van der Waals surface area contributed by atoms with E-state index in [0.717, 1.165) is 5.47 Å². The molecule has 0 radical (unpaired) electrons. The minimum Gasteiger partial charge on any atom is -0.400 e. The summed E-state index contributed by atoms with van der Waals surface area (Å²) in [6.07, 6.45) is 3.56.